The molecule has 1 heterocycles. The van der Waals surface area contributed by atoms with Gasteiger partial charge in [-0.15, -0.1) is 0 Å². The van der Waals surface area contributed by atoms with Crippen molar-refractivity contribution in [2.24, 2.45) is 7.05 Å². The Morgan fingerprint density at radius 1 is 0.750 bits per heavy atom. The minimum absolute atomic E-state index is 0.893. The molecule has 0 saturated heterocycles. The normalized spacial score (nSPS) is 11.5. The largest absolute Gasteiger partial charge is 0.334 e. The molecule has 0 N–H and O–H groups in total. The predicted molar refractivity (Wildman–Crippen MR) is 124 cm³/mol. The van der Waals surface area contributed by atoms with Crippen LogP contribution in [0.4, 0.5) is 0 Å². The van der Waals surface area contributed by atoms with Crippen molar-refractivity contribution < 1.29 is 0 Å². The highest BCUT2D eigenvalue weighted by molar-refractivity contribution is 9.10. The van der Waals surface area contributed by atoms with Gasteiger partial charge in [0.2, 0.25) is 0 Å². The third-order valence-corrected chi connectivity index (χ3v) is 9.83. The summed E-state index contributed by atoms with van der Waals surface area (Å²) in [4.78, 5) is 4.80. The quantitative estimate of drug-likeness (QED) is 0.352. The number of hydrogen-bond donors (Lipinski definition) is 0. The predicted octanol–water partition coefficient (Wildman–Crippen LogP) is 5.55. The zero-order valence-electron chi connectivity index (χ0n) is 15.9. The zero-order valence-corrected chi connectivity index (χ0v) is 18.4. The van der Waals surface area contributed by atoms with Gasteiger partial charge in [-0.05, 0) is 45.8 Å². The van der Waals surface area contributed by atoms with E-state index in [9.17, 15) is 0 Å². The van der Waals surface area contributed by atoms with Crippen molar-refractivity contribution in [3.05, 3.63) is 113 Å². The summed E-state index contributed by atoms with van der Waals surface area (Å²) >= 11 is 3.55. The van der Waals surface area contributed by atoms with E-state index in [0.29, 0.717) is 0 Å². The van der Waals surface area contributed by atoms with E-state index in [1.165, 1.54) is 16.2 Å². The fourth-order valence-corrected chi connectivity index (χ4v) is 8.49. The summed E-state index contributed by atoms with van der Waals surface area (Å²) in [6.45, 7) is 0. The fourth-order valence-electron chi connectivity index (χ4n) is 3.75. The molecule has 0 aliphatic rings. The first kappa shape index (κ1) is 19.1. The van der Waals surface area contributed by atoms with Gasteiger partial charge in [-0.2, -0.15) is 0 Å². The molecule has 4 aromatic rings. The van der Waals surface area contributed by atoms with E-state index < -0.39 is 7.26 Å². The van der Waals surface area contributed by atoms with E-state index in [2.05, 4.69) is 119 Å². The first-order valence-electron chi connectivity index (χ1n) is 9.37. The Kier molecular flexibility index (Phi) is 5.75. The standard InChI is InChI=1S/C24H23BrN2P/c1-27-17-23(25)26-24(27)19-28(21-13-7-3-8-14-21,22-15-9-4-10-16-22)18-20-11-5-2-6-12-20/h2-17H,18-19H2,1H3/q+1. The average Bonchev–Trinajstić information content (AvgIpc) is 3.06. The molecule has 0 radical (unpaired) electrons. The Morgan fingerprint density at radius 2 is 1.25 bits per heavy atom. The number of hydrogen-bond acceptors (Lipinski definition) is 1. The molecule has 0 atom stereocenters. The summed E-state index contributed by atoms with van der Waals surface area (Å²) in [7, 11) is 0.321. The number of benzene rings is 3. The average molecular weight is 450 g/mol. The Morgan fingerprint density at radius 3 is 1.71 bits per heavy atom. The van der Waals surface area contributed by atoms with Gasteiger partial charge in [0.15, 0.2) is 0 Å². The molecule has 0 aliphatic carbocycles. The number of aryl methyl sites for hydroxylation is 1. The lowest BCUT2D eigenvalue weighted by atomic mass is 10.2. The molecule has 0 spiro atoms. The smallest absolute Gasteiger partial charge is 0.148 e. The topological polar surface area (TPSA) is 17.8 Å². The van der Waals surface area contributed by atoms with Crippen LogP contribution in [0.25, 0.3) is 0 Å². The molecule has 1 aromatic heterocycles. The third kappa shape index (κ3) is 3.97. The van der Waals surface area contributed by atoms with Crippen LogP contribution in [0, 0.1) is 0 Å². The first-order valence-corrected chi connectivity index (χ1v) is 12.3. The Labute approximate surface area is 175 Å². The van der Waals surface area contributed by atoms with Crippen LogP contribution < -0.4 is 10.6 Å². The third-order valence-electron chi connectivity index (χ3n) is 5.15. The lowest BCUT2D eigenvalue weighted by Crippen LogP contribution is -2.26. The zero-order chi connectivity index (χ0) is 19.4. The number of nitrogens with zero attached hydrogens (tertiary/aromatic N) is 2. The van der Waals surface area contributed by atoms with Gasteiger partial charge in [-0.1, -0.05) is 66.7 Å². The maximum Gasteiger partial charge on any atom is 0.148 e. The summed E-state index contributed by atoms with van der Waals surface area (Å²) < 4.78 is 3.04. The van der Waals surface area contributed by atoms with Crippen molar-refractivity contribution in [3.63, 3.8) is 0 Å². The maximum absolute atomic E-state index is 4.80. The van der Waals surface area contributed by atoms with Crippen LogP contribution >= 0.6 is 23.2 Å². The van der Waals surface area contributed by atoms with Gasteiger partial charge >= 0.3 is 0 Å². The molecular formula is C24H23BrN2P+. The van der Waals surface area contributed by atoms with E-state index in [0.717, 1.165) is 22.8 Å². The van der Waals surface area contributed by atoms with Crippen LogP contribution in [0.1, 0.15) is 11.4 Å². The first-order chi connectivity index (χ1) is 13.7. The maximum atomic E-state index is 4.80. The lowest BCUT2D eigenvalue weighted by Gasteiger charge is -2.27. The van der Waals surface area contributed by atoms with Crippen molar-refractivity contribution >= 4 is 33.8 Å². The SMILES string of the molecule is Cn1cc(Br)nc1C[P+](Cc1ccccc1)(c1ccccc1)c1ccccc1. The minimum Gasteiger partial charge on any atom is -0.334 e. The van der Waals surface area contributed by atoms with Crippen molar-refractivity contribution in [1.82, 2.24) is 9.55 Å². The number of aromatic nitrogens is 2. The summed E-state index contributed by atoms with van der Waals surface area (Å²) in [6, 6.07) is 32.9. The molecule has 0 saturated carbocycles. The van der Waals surface area contributed by atoms with Gasteiger partial charge in [0.05, 0.1) is 24.0 Å². The molecule has 0 aliphatic heterocycles. The summed E-state index contributed by atoms with van der Waals surface area (Å²) in [5.74, 6) is 1.11. The molecule has 140 valence electrons. The highest BCUT2D eigenvalue weighted by Crippen LogP contribution is 2.61. The van der Waals surface area contributed by atoms with E-state index >= 15 is 0 Å². The van der Waals surface area contributed by atoms with E-state index in [1.807, 2.05) is 6.20 Å². The van der Waals surface area contributed by atoms with E-state index in [-0.39, 0.29) is 0 Å². The van der Waals surface area contributed by atoms with E-state index in [1.54, 1.807) is 0 Å². The molecule has 4 heteroatoms. The van der Waals surface area contributed by atoms with Gasteiger partial charge in [0.1, 0.15) is 16.6 Å². The van der Waals surface area contributed by atoms with Gasteiger partial charge in [-0.25, -0.2) is 4.98 Å². The van der Waals surface area contributed by atoms with Crippen molar-refractivity contribution in [2.75, 3.05) is 0 Å². The monoisotopic (exact) mass is 449 g/mol. The van der Waals surface area contributed by atoms with Crippen molar-refractivity contribution in [2.45, 2.75) is 12.3 Å². The van der Waals surface area contributed by atoms with Crippen molar-refractivity contribution in [3.8, 4) is 0 Å². The van der Waals surface area contributed by atoms with Crippen LogP contribution in [0.3, 0.4) is 0 Å². The van der Waals surface area contributed by atoms with Crippen LogP contribution in [0.2, 0.25) is 0 Å². The van der Waals surface area contributed by atoms with Crippen LogP contribution in [0.5, 0.6) is 0 Å². The highest BCUT2D eigenvalue weighted by Gasteiger charge is 2.44. The second kappa shape index (κ2) is 8.43. The van der Waals surface area contributed by atoms with Crippen LogP contribution in [-0.2, 0) is 19.4 Å². The molecule has 0 unspecified atom stereocenters. The van der Waals surface area contributed by atoms with Gasteiger partial charge in [0.25, 0.3) is 0 Å². The fraction of sp³-hybridized carbons (Fsp3) is 0.125. The summed E-state index contributed by atoms with van der Waals surface area (Å²) in [5.41, 5.74) is 1.37. The van der Waals surface area contributed by atoms with Crippen molar-refractivity contribution in [1.29, 1.82) is 0 Å². The number of halogens is 1. The van der Waals surface area contributed by atoms with Crippen LogP contribution in [0.15, 0.2) is 102 Å². The minimum atomic E-state index is -1.76. The Hall–Kier alpha value is -2.22. The molecule has 0 bridgehead atoms. The van der Waals surface area contributed by atoms with Gasteiger partial charge in [0, 0.05) is 13.2 Å². The molecular weight excluding hydrogens is 427 g/mol. The molecule has 0 fully saturated rings. The Balaban J connectivity index is 1.92. The molecule has 2 nitrogen and oxygen atoms in total. The molecule has 4 rings (SSSR count). The lowest BCUT2D eigenvalue weighted by molar-refractivity contribution is 0.845. The number of imidazole rings is 1. The summed E-state index contributed by atoms with van der Waals surface area (Å²) in [6.07, 6.45) is 3.99. The highest BCUT2D eigenvalue weighted by atomic mass is 79.9. The second-order valence-corrected chi connectivity index (χ2v) is 11.4. The molecule has 28 heavy (non-hydrogen) atoms. The Bertz CT molecular complexity index is 991. The van der Waals surface area contributed by atoms with Gasteiger partial charge in [-0.3, -0.25) is 0 Å². The van der Waals surface area contributed by atoms with Gasteiger partial charge < -0.3 is 4.57 Å². The molecule has 0 amide bonds. The second-order valence-electron chi connectivity index (χ2n) is 7.03. The molecule has 3 aromatic carbocycles. The van der Waals surface area contributed by atoms with E-state index in [4.69, 9.17) is 4.98 Å². The van der Waals surface area contributed by atoms with Crippen LogP contribution in [-0.4, -0.2) is 9.55 Å². The number of rotatable bonds is 6. The summed E-state index contributed by atoms with van der Waals surface area (Å²) in [5, 5.41) is 2.84.